The lowest BCUT2D eigenvalue weighted by molar-refractivity contribution is -0.114. The van der Waals surface area contributed by atoms with Crippen molar-refractivity contribution in [3.8, 4) is 0 Å². The summed E-state index contributed by atoms with van der Waals surface area (Å²) in [7, 11) is 0. The molecule has 2 aromatic rings. The molecule has 0 saturated heterocycles. The maximum Gasteiger partial charge on any atom is 0.257 e. The summed E-state index contributed by atoms with van der Waals surface area (Å²) in [4.78, 5) is 28.0. The van der Waals surface area contributed by atoms with E-state index in [2.05, 4.69) is 20.9 Å². The maximum atomic E-state index is 12.4. The molecule has 3 N–H and O–H groups in total. The van der Waals surface area contributed by atoms with Crippen LogP contribution in [0.1, 0.15) is 55.8 Å². The number of carbonyl (C=O) groups excluding carboxylic acids is 2. The molecule has 3 rings (SSSR count). The first-order valence-electron chi connectivity index (χ1n) is 9.52. The average Bonchev–Trinajstić information content (AvgIpc) is 2.91. The lowest BCUT2D eigenvalue weighted by atomic mass is 10.1. The van der Waals surface area contributed by atoms with Crippen molar-refractivity contribution in [1.29, 1.82) is 0 Å². The summed E-state index contributed by atoms with van der Waals surface area (Å²) in [5.74, 6) is 0.425. The van der Waals surface area contributed by atoms with Gasteiger partial charge in [0.25, 0.3) is 5.91 Å². The Balaban J connectivity index is 1.59. The number of pyridine rings is 1. The van der Waals surface area contributed by atoms with E-state index >= 15 is 0 Å². The van der Waals surface area contributed by atoms with Crippen LogP contribution in [-0.2, 0) is 4.79 Å². The van der Waals surface area contributed by atoms with Crippen molar-refractivity contribution in [1.82, 2.24) is 4.98 Å². The van der Waals surface area contributed by atoms with Crippen molar-refractivity contribution < 1.29 is 9.59 Å². The molecule has 27 heavy (non-hydrogen) atoms. The van der Waals surface area contributed by atoms with Gasteiger partial charge >= 0.3 is 0 Å². The fourth-order valence-corrected chi connectivity index (χ4v) is 3.33. The second-order valence-electron chi connectivity index (χ2n) is 6.98. The van der Waals surface area contributed by atoms with Gasteiger partial charge in [0, 0.05) is 30.5 Å². The molecule has 1 aromatic carbocycles. The molecule has 0 unspecified atom stereocenters. The molecule has 0 atom stereocenters. The topological polar surface area (TPSA) is 83.1 Å². The molecule has 1 fully saturated rings. The third-order valence-electron chi connectivity index (χ3n) is 4.67. The molecule has 142 valence electrons. The predicted molar refractivity (Wildman–Crippen MR) is 108 cm³/mol. The molecule has 2 amide bonds. The van der Waals surface area contributed by atoms with Gasteiger partial charge in [0.15, 0.2) is 0 Å². The molecule has 1 aliphatic carbocycles. The molecule has 1 aromatic heterocycles. The first kappa shape index (κ1) is 18.9. The summed E-state index contributed by atoms with van der Waals surface area (Å²) in [6.07, 6.45) is 9.09. The summed E-state index contributed by atoms with van der Waals surface area (Å²) in [6, 6.07) is 11.1. The van der Waals surface area contributed by atoms with Crippen LogP contribution in [0.3, 0.4) is 0 Å². The molecule has 0 radical (unpaired) electrons. The third-order valence-corrected chi connectivity index (χ3v) is 4.67. The van der Waals surface area contributed by atoms with Gasteiger partial charge in [-0.2, -0.15) is 0 Å². The SMILES string of the molecule is CC(=O)Nc1cccc(NC(=O)c2ccc(NC3CCCCCC3)nc2)c1. The van der Waals surface area contributed by atoms with E-state index in [-0.39, 0.29) is 11.8 Å². The number of carbonyl (C=O) groups is 2. The van der Waals surface area contributed by atoms with Crippen LogP contribution in [0.2, 0.25) is 0 Å². The van der Waals surface area contributed by atoms with Crippen LogP contribution in [0.5, 0.6) is 0 Å². The maximum absolute atomic E-state index is 12.4. The van der Waals surface area contributed by atoms with Crippen LogP contribution in [0.25, 0.3) is 0 Å². The largest absolute Gasteiger partial charge is 0.367 e. The number of hydrogen-bond acceptors (Lipinski definition) is 4. The zero-order valence-electron chi connectivity index (χ0n) is 15.6. The van der Waals surface area contributed by atoms with E-state index in [4.69, 9.17) is 0 Å². The van der Waals surface area contributed by atoms with E-state index in [1.54, 1.807) is 36.5 Å². The first-order valence-corrected chi connectivity index (χ1v) is 9.52. The summed E-state index contributed by atoms with van der Waals surface area (Å²) in [5.41, 5.74) is 1.75. The summed E-state index contributed by atoms with van der Waals surface area (Å²) < 4.78 is 0. The number of anilines is 3. The number of amides is 2. The Hall–Kier alpha value is -2.89. The van der Waals surface area contributed by atoms with E-state index in [1.165, 1.54) is 45.4 Å². The van der Waals surface area contributed by atoms with E-state index in [1.807, 2.05) is 6.07 Å². The Bertz CT molecular complexity index is 781. The molecule has 1 saturated carbocycles. The molecular formula is C21H26N4O2. The quantitative estimate of drug-likeness (QED) is 0.684. The Labute approximate surface area is 159 Å². The highest BCUT2D eigenvalue weighted by Crippen LogP contribution is 2.21. The summed E-state index contributed by atoms with van der Waals surface area (Å²) >= 11 is 0. The number of nitrogens with zero attached hydrogens (tertiary/aromatic N) is 1. The van der Waals surface area contributed by atoms with E-state index in [0.717, 1.165) is 5.82 Å². The second-order valence-corrected chi connectivity index (χ2v) is 6.98. The van der Waals surface area contributed by atoms with Crippen LogP contribution >= 0.6 is 0 Å². The van der Waals surface area contributed by atoms with Gasteiger partial charge in [-0.15, -0.1) is 0 Å². The van der Waals surface area contributed by atoms with Crippen LogP contribution in [0.4, 0.5) is 17.2 Å². The van der Waals surface area contributed by atoms with E-state index in [0.29, 0.717) is 23.0 Å². The molecule has 0 spiro atoms. The fraction of sp³-hybridized carbons (Fsp3) is 0.381. The van der Waals surface area contributed by atoms with Crippen LogP contribution in [0, 0.1) is 0 Å². The van der Waals surface area contributed by atoms with Gasteiger partial charge in [-0.3, -0.25) is 9.59 Å². The average molecular weight is 366 g/mol. The Morgan fingerprint density at radius 3 is 2.30 bits per heavy atom. The van der Waals surface area contributed by atoms with Crippen LogP contribution < -0.4 is 16.0 Å². The molecule has 0 bridgehead atoms. The predicted octanol–water partition coefficient (Wildman–Crippen LogP) is 4.43. The normalized spacial score (nSPS) is 14.9. The Morgan fingerprint density at radius 1 is 0.963 bits per heavy atom. The smallest absolute Gasteiger partial charge is 0.257 e. The first-order chi connectivity index (χ1) is 13.1. The van der Waals surface area contributed by atoms with Gasteiger partial charge in [0.2, 0.25) is 5.91 Å². The van der Waals surface area contributed by atoms with Gasteiger partial charge in [0.1, 0.15) is 5.82 Å². The second kappa shape index (κ2) is 9.16. The Kier molecular flexibility index (Phi) is 6.41. The summed E-state index contributed by atoms with van der Waals surface area (Å²) in [5, 5.41) is 9.01. The minimum Gasteiger partial charge on any atom is -0.367 e. The number of benzene rings is 1. The summed E-state index contributed by atoms with van der Waals surface area (Å²) in [6.45, 7) is 1.45. The van der Waals surface area contributed by atoms with E-state index in [9.17, 15) is 9.59 Å². The zero-order chi connectivity index (χ0) is 19.1. The molecule has 1 aliphatic rings. The standard InChI is InChI=1S/C21H26N4O2/c1-15(26)23-18-9-6-10-19(13-18)25-21(27)16-11-12-20(22-14-16)24-17-7-4-2-3-5-8-17/h6,9-14,17H,2-5,7-8H2,1H3,(H,22,24)(H,23,26)(H,25,27). The Morgan fingerprint density at radius 2 is 1.67 bits per heavy atom. The number of aromatic nitrogens is 1. The lowest BCUT2D eigenvalue weighted by Crippen LogP contribution is -2.19. The molecule has 0 aliphatic heterocycles. The van der Waals surface area contributed by atoms with Gasteiger partial charge < -0.3 is 16.0 Å². The van der Waals surface area contributed by atoms with Gasteiger partial charge in [0.05, 0.1) is 5.56 Å². The highest BCUT2D eigenvalue weighted by molar-refractivity contribution is 6.04. The van der Waals surface area contributed by atoms with Crippen molar-refractivity contribution in [2.45, 2.75) is 51.5 Å². The zero-order valence-corrected chi connectivity index (χ0v) is 15.6. The van der Waals surface area contributed by atoms with E-state index < -0.39 is 0 Å². The van der Waals surface area contributed by atoms with Crippen molar-refractivity contribution >= 4 is 29.0 Å². The minimum atomic E-state index is -0.233. The molecule has 6 nitrogen and oxygen atoms in total. The number of rotatable bonds is 5. The minimum absolute atomic E-state index is 0.153. The molecular weight excluding hydrogens is 340 g/mol. The lowest BCUT2D eigenvalue weighted by Gasteiger charge is -2.16. The van der Waals surface area contributed by atoms with Gasteiger partial charge in [-0.1, -0.05) is 31.7 Å². The fourth-order valence-electron chi connectivity index (χ4n) is 3.33. The van der Waals surface area contributed by atoms with Crippen LogP contribution in [-0.4, -0.2) is 22.8 Å². The molecule has 1 heterocycles. The van der Waals surface area contributed by atoms with Crippen molar-refractivity contribution in [2.24, 2.45) is 0 Å². The number of hydrogen-bond donors (Lipinski definition) is 3. The van der Waals surface area contributed by atoms with Crippen molar-refractivity contribution in [3.05, 3.63) is 48.2 Å². The highest BCUT2D eigenvalue weighted by Gasteiger charge is 2.13. The van der Waals surface area contributed by atoms with Crippen LogP contribution in [0.15, 0.2) is 42.6 Å². The van der Waals surface area contributed by atoms with Crippen molar-refractivity contribution in [2.75, 3.05) is 16.0 Å². The highest BCUT2D eigenvalue weighted by atomic mass is 16.2. The monoisotopic (exact) mass is 366 g/mol. The number of nitrogens with one attached hydrogen (secondary N) is 3. The van der Waals surface area contributed by atoms with Crippen molar-refractivity contribution in [3.63, 3.8) is 0 Å². The van der Waals surface area contributed by atoms with Gasteiger partial charge in [-0.05, 0) is 43.2 Å². The third kappa shape index (κ3) is 5.81. The molecule has 6 heteroatoms. The van der Waals surface area contributed by atoms with Gasteiger partial charge in [-0.25, -0.2) is 4.98 Å².